The molecule has 2 aromatic rings. The van der Waals surface area contributed by atoms with Gasteiger partial charge in [-0.3, -0.25) is 9.48 Å². The predicted octanol–water partition coefficient (Wildman–Crippen LogP) is 3.98. The van der Waals surface area contributed by atoms with Gasteiger partial charge in [-0.1, -0.05) is 41.9 Å². The van der Waals surface area contributed by atoms with Gasteiger partial charge in [-0.25, -0.2) is 4.79 Å². The van der Waals surface area contributed by atoms with E-state index in [1.54, 1.807) is 9.58 Å². The zero-order chi connectivity index (χ0) is 27.3. The number of piperidine rings is 1. The van der Waals surface area contributed by atoms with Gasteiger partial charge >= 0.3 is 6.09 Å². The molecule has 4 aliphatic carbocycles. The fraction of sp³-hybridized carbons (Fsp3) is 0.621. The molecule has 2 unspecified atom stereocenters. The van der Waals surface area contributed by atoms with Crippen LogP contribution in [0.15, 0.2) is 30.3 Å². The number of carbonyl (C=O) groups excluding carboxylic acids is 2. The van der Waals surface area contributed by atoms with Crippen LogP contribution in [0.1, 0.15) is 61.0 Å². The normalized spacial score (nSPS) is 29.9. The molecule has 5 aliphatic rings. The molecule has 7 rings (SSSR count). The van der Waals surface area contributed by atoms with Gasteiger partial charge in [0.05, 0.1) is 5.60 Å². The van der Waals surface area contributed by atoms with Crippen molar-refractivity contribution in [2.45, 2.75) is 69.2 Å². The Morgan fingerprint density at radius 3 is 2.46 bits per heavy atom. The summed E-state index contributed by atoms with van der Waals surface area (Å²) in [6.45, 7) is 1.44. The molecular formula is C29H38ClN5O4. The smallest absolute Gasteiger partial charge is 0.410 e. The van der Waals surface area contributed by atoms with Gasteiger partial charge in [-0.05, 0) is 68.3 Å². The van der Waals surface area contributed by atoms with Crippen LogP contribution in [0.3, 0.4) is 0 Å². The summed E-state index contributed by atoms with van der Waals surface area (Å²) < 4.78 is 7.18. The van der Waals surface area contributed by atoms with E-state index in [1.165, 1.54) is 0 Å². The summed E-state index contributed by atoms with van der Waals surface area (Å²) in [6.07, 6.45) is 5.83. The summed E-state index contributed by atoms with van der Waals surface area (Å²) >= 11 is 6.80. The van der Waals surface area contributed by atoms with E-state index >= 15 is 0 Å². The molecule has 2 heterocycles. The maximum Gasteiger partial charge on any atom is 0.410 e. The van der Waals surface area contributed by atoms with Gasteiger partial charge in [0.15, 0.2) is 5.69 Å². The van der Waals surface area contributed by atoms with Gasteiger partial charge in [0, 0.05) is 39.3 Å². The molecule has 1 aliphatic heterocycles. The monoisotopic (exact) mass is 555 g/mol. The number of aromatic nitrogens is 2. The molecule has 0 radical (unpaired) electrons. The zero-order valence-corrected chi connectivity index (χ0v) is 23.4. The van der Waals surface area contributed by atoms with Crippen LogP contribution in [0.5, 0.6) is 0 Å². The number of rotatable bonds is 6. The number of hydrogen-bond acceptors (Lipinski definition) is 6. The third-order valence-corrected chi connectivity index (χ3v) is 9.87. The van der Waals surface area contributed by atoms with Gasteiger partial charge in [-0.2, -0.15) is 5.10 Å². The van der Waals surface area contributed by atoms with Crippen molar-refractivity contribution in [3.63, 3.8) is 0 Å². The number of halogens is 1. The number of carbonyl (C=O) groups is 2. The summed E-state index contributed by atoms with van der Waals surface area (Å²) in [4.78, 5) is 29.8. The van der Waals surface area contributed by atoms with Crippen molar-refractivity contribution in [1.82, 2.24) is 20.0 Å². The van der Waals surface area contributed by atoms with Gasteiger partial charge in [0.1, 0.15) is 17.4 Å². The number of benzene rings is 1. The lowest BCUT2D eigenvalue weighted by Crippen LogP contribution is -2.61. The highest BCUT2D eigenvalue weighted by Crippen LogP contribution is 2.55. The number of amides is 2. The Labute approximate surface area is 234 Å². The lowest BCUT2D eigenvalue weighted by Gasteiger charge is -2.58. The van der Waals surface area contributed by atoms with E-state index in [0.29, 0.717) is 41.7 Å². The highest BCUT2D eigenvalue weighted by molar-refractivity contribution is 6.36. The lowest BCUT2D eigenvalue weighted by molar-refractivity contribution is -0.136. The van der Waals surface area contributed by atoms with Gasteiger partial charge < -0.3 is 25.0 Å². The molecule has 2 atom stereocenters. The van der Waals surface area contributed by atoms with Crippen molar-refractivity contribution < 1.29 is 19.4 Å². The van der Waals surface area contributed by atoms with Crippen molar-refractivity contribution in [2.24, 2.45) is 24.8 Å². The van der Waals surface area contributed by atoms with E-state index in [2.05, 4.69) is 15.3 Å². The SMILES string of the molecule is CN(c1c(Cl)c(C(=O)NC2C3CC4CC2CC(O)(C4)C3)nn1C)C1CCN(C(=O)OCc2ccccc2)CC1. The summed E-state index contributed by atoms with van der Waals surface area (Å²) in [6, 6.07) is 9.89. The number of anilines is 1. The van der Waals surface area contributed by atoms with Crippen LogP contribution in [-0.4, -0.2) is 69.6 Å². The quantitative estimate of drug-likeness (QED) is 0.559. The molecule has 1 saturated heterocycles. The van der Waals surface area contributed by atoms with E-state index in [-0.39, 0.29) is 36.4 Å². The third-order valence-electron chi connectivity index (χ3n) is 9.52. The Morgan fingerprint density at radius 2 is 1.82 bits per heavy atom. The highest BCUT2D eigenvalue weighted by atomic mass is 35.5. The predicted molar refractivity (Wildman–Crippen MR) is 148 cm³/mol. The summed E-state index contributed by atoms with van der Waals surface area (Å²) in [7, 11) is 3.78. The Kier molecular flexibility index (Phi) is 7.00. The van der Waals surface area contributed by atoms with Gasteiger partial charge in [-0.15, -0.1) is 0 Å². The summed E-state index contributed by atoms with van der Waals surface area (Å²) in [5.74, 6) is 1.68. The maximum absolute atomic E-state index is 13.4. The first-order valence-corrected chi connectivity index (χ1v) is 14.5. The minimum atomic E-state index is -0.537. The highest BCUT2D eigenvalue weighted by Gasteiger charge is 2.55. The number of aryl methyl sites for hydroxylation is 1. The molecule has 4 saturated carbocycles. The molecule has 1 aromatic carbocycles. The maximum atomic E-state index is 13.4. The molecular weight excluding hydrogens is 518 g/mol. The minimum Gasteiger partial charge on any atom is -0.445 e. The lowest BCUT2D eigenvalue weighted by atomic mass is 9.52. The number of aliphatic hydroxyl groups is 1. The van der Waals surface area contributed by atoms with Crippen molar-refractivity contribution in [3.8, 4) is 0 Å². The van der Waals surface area contributed by atoms with Crippen molar-refractivity contribution in [1.29, 1.82) is 0 Å². The standard InChI is InChI=1S/C29H38ClN5O4/c1-33(22-8-10-35(11-9-22)28(37)39-17-18-6-4-3-5-7-18)27-23(30)25(32-34(27)2)26(36)31-24-20-12-19-13-21(24)16-29(38,14-19)15-20/h3-7,19-22,24,38H,8-17H2,1-2H3,(H,31,36). The van der Waals surface area contributed by atoms with Crippen molar-refractivity contribution in [3.05, 3.63) is 46.6 Å². The van der Waals surface area contributed by atoms with E-state index in [9.17, 15) is 14.7 Å². The van der Waals surface area contributed by atoms with E-state index < -0.39 is 5.60 Å². The van der Waals surface area contributed by atoms with E-state index in [4.69, 9.17) is 16.3 Å². The Hall–Kier alpha value is -2.78. The Balaban J connectivity index is 1.06. The van der Waals surface area contributed by atoms with Crippen LogP contribution in [0.25, 0.3) is 0 Å². The van der Waals surface area contributed by atoms with Crippen LogP contribution in [0.4, 0.5) is 10.6 Å². The second kappa shape index (κ2) is 10.3. The first kappa shape index (κ1) is 26.4. The molecule has 1 aromatic heterocycles. The number of nitrogens with one attached hydrogen (secondary N) is 1. The summed E-state index contributed by atoms with van der Waals surface area (Å²) in [5.41, 5.74) is 0.673. The minimum absolute atomic E-state index is 0.0690. The number of nitrogens with zero attached hydrogens (tertiary/aromatic N) is 4. The van der Waals surface area contributed by atoms with Crippen molar-refractivity contribution in [2.75, 3.05) is 25.0 Å². The van der Waals surface area contributed by atoms with E-state index in [0.717, 1.165) is 50.5 Å². The van der Waals surface area contributed by atoms with Crippen LogP contribution in [0, 0.1) is 17.8 Å². The van der Waals surface area contributed by atoms with Gasteiger partial charge in [0.2, 0.25) is 0 Å². The number of likely N-dealkylation sites (tertiary alicyclic amines) is 1. The molecule has 5 fully saturated rings. The molecule has 39 heavy (non-hydrogen) atoms. The molecule has 9 nitrogen and oxygen atoms in total. The number of hydrogen-bond donors (Lipinski definition) is 2. The molecule has 4 bridgehead atoms. The van der Waals surface area contributed by atoms with Crippen LogP contribution in [-0.2, 0) is 18.4 Å². The molecule has 10 heteroatoms. The van der Waals surface area contributed by atoms with Crippen LogP contribution >= 0.6 is 11.6 Å². The average molecular weight is 556 g/mol. The Bertz CT molecular complexity index is 1210. The Morgan fingerprint density at radius 1 is 1.15 bits per heavy atom. The molecule has 2 amide bonds. The summed E-state index contributed by atoms with van der Waals surface area (Å²) in [5, 5.41) is 19.0. The topological polar surface area (TPSA) is 99.9 Å². The first-order chi connectivity index (χ1) is 18.7. The molecule has 210 valence electrons. The first-order valence-electron chi connectivity index (χ1n) is 14.1. The third kappa shape index (κ3) is 5.11. The van der Waals surface area contributed by atoms with Crippen LogP contribution < -0.4 is 10.2 Å². The van der Waals surface area contributed by atoms with Gasteiger partial charge in [0.25, 0.3) is 5.91 Å². The number of ether oxygens (including phenoxy) is 1. The van der Waals surface area contributed by atoms with Crippen molar-refractivity contribution >= 4 is 29.4 Å². The fourth-order valence-electron chi connectivity index (χ4n) is 7.87. The molecule has 0 spiro atoms. The van der Waals surface area contributed by atoms with Crippen LogP contribution in [0.2, 0.25) is 5.02 Å². The largest absolute Gasteiger partial charge is 0.445 e. The average Bonchev–Trinajstić information content (AvgIpc) is 3.22. The zero-order valence-electron chi connectivity index (χ0n) is 22.7. The second-order valence-corrected chi connectivity index (χ2v) is 12.6. The fourth-order valence-corrected chi connectivity index (χ4v) is 8.25. The van der Waals surface area contributed by atoms with E-state index in [1.807, 2.05) is 44.4 Å². The second-order valence-electron chi connectivity index (χ2n) is 12.2. The molecule has 2 N–H and O–H groups in total.